The van der Waals surface area contributed by atoms with Gasteiger partial charge in [0.05, 0.1) is 10.4 Å². The molecule has 6 nitrogen and oxygen atoms in total. The van der Waals surface area contributed by atoms with Gasteiger partial charge in [0, 0.05) is 29.5 Å². The van der Waals surface area contributed by atoms with E-state index >= 15 is 0 Å². The highest BCUT2D eigenvalue weighted by atomic mass is 32.1. The van der Waals surface area contributed by atoms with Gasteiger partial charge in [-0.1, -0.05) is 42.5 Å². The minimum atomic E-state index is -0.630. The number of Topliss-reactive ketones (excluding diaryl/α,β-unsaturated/α-hetero) is 1. The number of esters is 1. The van der Waals surface area contributed by atoms with Crippen LogP contribution in [0.1, 0.15) is 47.8 Å². The lowest BCUT2D eigenvalue weighted by Gasteiger charge is -2.05. The first-order valence-electron chi connectivity index (χ1n) is 9.67. The normalized spacial score (nSPS) is 10.4. The molecule has 0 aliphatic heterocycles. The maximum atomic E-state index is 12.4. The molecule has 158 valence electrons. The number of benzene rings is 2. The molecule has 1 amide bonds. The summed E-state index contributed by atoms with van der Waals surface area (Å²) in [7, 11) is 0. The van der Waals surface area contributed by atoms with Crippen molar-refractivity contribution in [2.24, 2.45) is 0 Å². The molecule has 0 saturated heterocycles. The molecule has 0 aliphatic carbocycles. The Kier molecular flexibility index (Phi) is 7.45. The largest absolute Gasteiger partial charge is 0.454 e. The van der Waals surface area contributed by atoms with Crippen LogP contribution in [0.3, 0.4) is 0 Å². The molecule has 3 rings (SSSR count). The van der Waals surface area contributed by atoms with Crippen LogP contribution in [0, 0.1) is 0 Å². The van der Waals surface area contributed by atoms with Crippen molar-refractivity contribution in [3.63, 3.8) is 0 Å². The molecule has 0 bridgehead atoms. The number of thiophene rings is 1. The van der Waals surface area contributed by atoms with Gasteiger partial charge in [-0.15, -0.1) is 11.3 Å². The van der Waals surface area contributed by atoms with Gasteiger partial charge in [-0.3, -0.25) is 14.4 Å². The SMILES string of the molecule is CC(=O)NCCc1ccc(C(=O)COC(=O)c2ccc(C(=O)c3ccccc3)cc2)s1. The van der Waals surface area contributed by atoms with Crippen LogP contribution in [-0.2, 0) is 16.0 Å². The summed E-state index contributed by atoms with van der Waals surface area (Å²) in [5.41, 5.74) is 1.29. The van der Waals surface area contributed by atoms with E-state index in [9.17, 15) is 19.2 Å². The monoisotopic (exact) mass is 435 g/mol. The van der Waals surface area contributed by atoms with Crippen molar-refractivity contribution in [1.29, 1.82) is 0 Å². The lowest BCUT2D eigenvalue weighted by molar-refractivity contribution is -0.118. The van der Waals surface area contributed by atoms with E-state index in [2.05, 4.69) is 5.32 Å². The van der Waals surface area contributed by atoms with Crippen LogP contribution in [0.2, 0.25) is 0 Å². The van der Waals surface area contributed by atoms with Crippen molar-refractivity contribution in [3.8, 4) is 0 Å². The Hall–Kier alpha value is -3.58. The molecule has 0 atom stereocenters. The van der Waals surface area contributed by atoms with Crippen molar-refractivity contribution in [3.05, 3.63) is 93.2 Å². The highest BCUT2D eigenvalue weighted by Gasteiger charge is 2.15. The average Bonchev–Trinajstić information content (AvgIpc) is 3.26. The Balaban J connectivity index is 1.52. The van der Waals surface area contributed by atoms with Crippen molar-refractivity contribution in [1.82, 2.24) is 5.32 Å². The molecular formula is C24H21NO5S. The van der Waals surface area contributed by atoms with Crippen molar-refractivity contribution < 1.29 is 23.9 Å². The fraction of sp³-hybridized carbons (Fsp3) is 0.167. The van der Waals surface area contributed by atoms with Crippen LogP contribution in [-0.4, -0.2) is 36.6 Å². The molecular weight excluding hydrogens is 414 g/mol. The third-order valence-corrected chi connectivity index (χ3v) is 5.62. The predicted molar refractivity (Wildman–Crippen MR) is 118 cm³/mol. The molecule has 0 aliphatic rings. The quantitative estimate of drug-likeness (QED) is 0.409. The molecule has 0 unspecified atom stereocenters. The molecule has 0 radical (unpaired) electrons. The summed E-state index contributed by atoms with van der Waals surface area (Å²) in [4.78, 5) is 49.3. The minimum Gasteiger partial charge on any atom is -0.454 e. The zero-order valence-electron chi connectivity index (χ0n) is 16.9. The summed E-state index contributed by atoms with van der Waals surface area (Å²) in [6.45, 7) is 1.59. The lowest BCUT2D eigenvalue weighted by atomic mass is 10.0. The zero-order chi connectivity index (χ0) is 22.2. The van der Waals surface area contributed by atoms with E-state index in [4.69, 9.17) is 4.74 Å². The molecule has 1 aromatic heterocycles. The number of hydrogen-bond acceptors (Lipinski definition) is 6. The standard InChI is InChI=1S/C24H21NO5S/c1-16(26)25-14-13-20-11-12-22(31-20)21(27)15-30-24(29)19-9-7-18(8-10-19)23(28)17-5-3-2-4-6-17/h2-12H,13-15H2,1H3,(H,25,26). The van der Waals surface area contributed by atoms with E-state index in [1.807, 2.05) is 12.1 Å². The number of nitrogens with one attached hydrogen (secondary N) is 1. The van der Waals surface area contributed by atoms with Gasteiger partial charge in [-0.2, -0.15) is 0 Å². The second-order valence-electron chi connectivity index (χ2n) is 6.77. The molecule has 31 heavy (non-hydrogen) atoms. The average molecular weight is 436 g/mol. The zero-order valence-corrected chi connectivity index (χ0v) is 17.7. The molecule has 1 N–H and O–H groups in total. The van der Waals surface area contributed by atoms with Crippen LogP contribution < -0.4 is 5.32 Å². The number of ketones is 2. The molecule has 0 saturated carbocycles. The summed E-state index contributed by atoms with van der Waals surface area (Å²) in [6.07, 6.45) is 0.630. The van der Waals surface area contributed by atoms with Gasteiger partial charge in [-0.25, -0.2) is 4.79 Å². The fourth-order valence-electron chi connectivity index (χ4n) is 2.82. The van der Waals surface area contributed by atoms with E-state index in [0.717, 1.165) is 4.88 Å². The summed E-state index contributed by atoms with van der Waals surface area (Å²) >= 11 is 1.31. The summed E-state index contributed by atoms with van der Waals surface area (Å²) in [5, 5.41) is 2.70. The minimum absolute atomic E-state index is 0.0998. The van der Waals surface area contributed by atoms with Gasteiger partial charge in [0.2, 0.25) is 11.7 Å². The first kappa shape index (κ1) is 22.1. The third kappa shape index (κ3) is 6.20. The fourth-order valence-corrected chi connectivity index (χ4v) is 3.75. The molecule has 3 aromatic rings. The first-order chi connectivity index (χ1) is 14.9. The second kappa shape index (κ2) is 10.4. The number of carbonyl (C=O) groups excluding carboxylic acids is 4. The van der Waals surface area contributed by atoms with Crippen LogP contribution in [0.25, 0.3) is 0 Å². The Morgan fingerprint density at radius 2 is 1.48 bits per heavy atom. The molecule has 2 aromatic carbocycles. The Morgan fingerprint density at radius 1 is 0.839 bits per heavy atom. The Morgan fingerprint density at radius 3 is 2.16 bits per heavy atom. The Bertz CT molecular complexity index is 1090. The predicted octanol–water partition coefficient (Wildman–Crippen LogP) is 3.70. The lowest BCUT2D eigenvalue weighted by Crippen LogP contribution is -2.22. The van der Waals surface area contributed by atoms with E-state index in [0.29, 0.717) is 29.0 Å². The van der Waals surface area contributed by atoms with Crippen molar-refractivity contribution in [2.45, 2.75) is 13.3 Å². The van der Waals surface area contributed by atoms with E-state index in [-0.39, 0.29) is 29.6 Å². The van der Waals surface area contributed by atoms with Gasteiger partial charge in [-0.05, 0) is 30.7 Å². The maximum Gasteiger partial charge on any atom is 0.338 e. The van der Waals surface area contributed by atoms with Gasteiger partial charge in [0.1, 0.15) is 0 Å². The summed E-state index contributed by atoms with van der Waals surface area (Å²) in [6, 6.07) is 18.5. The number of carbonyl (C=O) groups is 4. The van der Waals surface area contributed by atoms with Crippen LogP contribution in [0.5, 0.6) is 0 Å². The third-order valence-electron chi connectivity index (χ3n) is 4.43. The molecule has 0 fully saturated rings. The summed E-state index contributed by atoms with van der Waals surface area (Å²) < 4.78 is 5.13. The van der Waals surface area contributed by atoms with Crippen LogP contribution in [0.15, 0.2) is 66.7 Å². The molecule has 7 heteroatoms. The van der Waals surface area contributed by atoms with Crippen LogP contribution in [0.4, 0.5) is 0 Å². The first-order valence-corrected chi connectivity index (χ1v) is 10.5. The van der Waals surface area contributed by atoms with Crippen LogP contribution >= 0.6 is 11.3 Å². The topological polar surface area (TPSA) is 89.5 Å². The number of hydrogen-bond donors (Lipinski definition) is 1. The van der Waals surface area contributed by atoms with E-state index < -0.39 is 5.97 Å². The molecule has 1 heterocycles. The number of amides is 1. The van der Waals surface area contributed by atoms with Gasteiger partial charge >= 0.3 is 5.97 Å². The van der Waals surface area contributed by atoms with E-state index in [1.165, 1.54) is 30.4 Å². The van der Waals surface area contributed by atoms with Gasteiger partial charge < -0.3 is 10.1 Å². The highest BCUT2D eigenvalue weighted by molar-refractivity contribution is 7.14. The second-order valence-corrected chi connectivity index (χ2v) is 7.94. The Labute approximate surface area is 183 Å². The van der Waals surface area contributed by atoms with Crippen molar-refractivity contribution in [2.75, 3.05) is 13.2 Å². The van der Waals surface area contributed by atoms with E-state index in [1.54, 1.807) is 42.5 Å². The summed E-state index contributed by atoms with van der Waals surface area (Å²) in [5.74, 6) is -1.16. The van der Waals surface area contributed by atoms with Gasteiger partial charge in [0.25, 0.3) is 0 Å². The molecule has 0 spiro atoms. The van der Waals surface area contributed by atoms with Crippen molar-refractivity contribution >= 4 is 34.8 Å². The smallest absolute Gasteiger partial charge is 0.338 e. The number of rotatable bonds is 9. The van der Waals surface area contributed by atoms with Gasteiger partial charge in [0.15, 0.2) is 12.4 Å². The number of ether oxygens (including phenoxy) is 1. The highest BCUT2D eigenvalue weighted by Crippen LogP contribution is 2.18. The maximum absolute atomic E-state index is 12.4.